The van der Waals surface area contributed by atoms with E-state index in [4.69, 9.17) is 11.5 Å². The molecule has 0 aliphatic heterocycles. The summed E-state index contributed by atoms with van der Waals surface area (Å²) < 4.78 is 0.292. The van der Waals surface area contributed by atoms with Gasteiger partial charge in [0.05, 0.1) is 0 Å². The first kappa shape index (κ1) is 10.6. The van der Waals surface area contributed by atoms with Crippen molar-refractivity contribution in [3.63, 3.8) is 0 Å². The molecular formula is C2H8N4SSe. The van der Waals surface area contributed by atoms with Crippen molar-refractivity contribution in [2.75, 3.05) is 0 Å². The topological polar surface area (TPSA) is 104 Å². The molecule has 0 atom stereocenters. The van der Waals surface area contributed by atoms with Crippen LogP contribution in [-0.2, 0) is 0 Å². The van der Waals surface area contributed by atoms with Crippen LogP contribution < -0.4 is 22.9 Å². The predicted molar refractivity (Wildman–Crippen MR) is 40.1 cm³/mol. The Bertz CT molecular complexity index is 72.0. The summed E-state index contributed by atoms with van der Waals surface area (Å²) in [5.41, 5.74) is 18.7. The standard InChI is InChI=1S/CH4N2S.CH4N2Se/c2*2-1(3)4/h2*(H4,2,3,4). The molecule has 0 heterocycles. The van der Waals surface area contributed by atoms with Crippen LogP contribution >= 0.6 is 12.2 Å². The molecule has 4 nitrogen and oxygen atoms in total. The van der Waals surface area contributed by atoms with Gasteiger partial charge in [-0.15, -0.1) is 0 Å². The molecule has 8 N–H and O–H groups in total. The van der Waals surface area contributed by atoms with E-state index in [1.165, 1.54) is 0 Å². The fraction of sp³-hybridized carbons (Fsp3) is 0. The van der Waals surface area contributed by atoms with E-state index in [1.807, 2.05) is 0 Å². The van der Waals surface area contributed by atoms with Gasteiger partial charge < -0.3 is 11.5 Å². The van der Waals surface area contributed by atoms with Gasteiger partial charge >= 0.3 is 31.7 Å². The molecule has 0 aromatic rings. The van der Waals surface area contributed by atoms with Gasteiger partial charge in [0.1, 0.15) is 0 Å². The molecule has 0 aliphatic rings. The Balaban J connectivity index is 0. The molecule has 0 unspecified atom stereocenters. The summed E-state index contributed by atoms with van der Waals surface area (Å²) in [4.78, 5) is 0. The summed E-state index contributed by atoms with van der Waals surface area (Å²) in [5, 5.41) is 0.000000000000000222. The molecule has 0 rings (SSSR count). The Morgan fingerprint density at radius 3 is 1.12 bits per heavy atom. The molecule has 0 amide bonds. The Labute approximate surface area is 60.9 Å². The molecule has 0 saturated carbocycles. The van der Waals surface area contributed by atoms with Crippen LogP contribution in [0.25, 0.3) is 0 Å². The van der Waals surface area contributed by atoms with Crippen molar-refractivity contribution < 1.29 is 0 Å². The molecule has 0 aromatic heterocycles. The van der Waals surface area contributed by atoms with E-state index in [-0.39, 0.29) is 5.11 Å². The Morgan fingerprint density at radius 2 is 1.12 bits per heavy atom. The second kappa shape index (κ2) is 6.68. The molecule has 48 valence electrons. The fourth-order valence-corrected chi connectivity index (χ4v) is 0. The van der Waals surface area contributed by atoms with Crippen molar-refractivity contribution in [2.45, 2.75) is 0 Å². The minimum atomic E-state index is 0.000000000000000222. The van der Waals surface area contributed by atoms with Crippen LogP contribution in [-0.4, -0.2) is 25.4 Å². The van der Waals surface area contributed by atoms with E-state index < -0.39 is 0 Å². The molecule has 0 spiro atoms. The van der Waals surface area contributed by atoms with Gasteiger partial charge in [0.25, 0.3) is 0 Å². The average Bonchev–Trinajstić information content (AvgIpc) is 1.25. The van der Waals surface area contributed by atoms with Crippen LogP contribution in [0, 0.1) is 0 Å². The van der Waals surface area contributed by atoms with E-state index in [2.05, 4.69) is 39.3 Å². The minimum absolute atomic E-state index is 0.000000000000000222. The van der Waals surface area contributed by atoms with Crippen molar-refractivity contribution in [3.8, 4) is 0 Å². The summed E-state index contributed by atoms with van der Waals surface area (Å²) >= 11 is 6.47. The number of nitrogens with two attached hydrogens (primary N) is 4. The fourth-order valence-electron chi connectivity index (χ4n) is 0. The van der Waals surface area contributed by atoms with Crippen LogP contribution in [0.5, 0.6) is 0 Å². The number of thiocarbonyl (C=S) groups is 1. The van der Waals surface area contributed by atoms with Crippen LogP contribution in [0.15, 0.2) is 0 Å². The van der Waals surface area contributed by atoms with Crippen molar-refractivity contribution in [3.05, 3.63) is 0 Å². The second-order valence-electron chi connectivity index (χ2n) is 0.805. The van der Waals surface area contributed by atoms with Gasteiger partial charge in [-0.25, -0.2) is 0 Å². The molecule has 0 radical (unpaired) electrons. The number of rotatable bonds is 0. The second-order valence-corrected chi connectivity index (χ2v) is 2.27. The monoisotopic (exact) mass is 200 g/mol. The molecule has 6 heteroatoms. The molecule has 0 bridgehead atoms. The maximum absolute atomic E-state index is 4.75. The molecular weight excluding hydrogens is 191 g/mol. The van der Waals surface area contributed by atoms with Crippen molar-refractivity contribution in [2.24, 2.45) is 22.9 Å². The van der Waals surface area contributed by atoms with Gasteiger partial charge in [-0.2, -0.15) is 0 Å². The zero-order chi connectivity index (χ0) is 7.15. The maximum atomic E-state index is 4.75. The average molecular weight is 199 g/mol. The third kappa shape index (κ3) is 1210. The van der Waals surface area contributed by atoms with Gasteiger partial charge in [0.15, 0.2) is 5.11 Å². The van der Waals surface area contributed by atoms with Gasteiger partial charge in [-0.3, -0.25) is 0 Å². The molecule has 0 fully saturated rings. The van der Waals surface area contributed by atoms with E-state index in [1.54, 1.807) is 0 Å². The predicted octanol–water partition coefficient (Wildman–Crippen LogP) is -2.65. The van der Waals surface area contributed by atoms with E-state index in [9.17, 15) is 0 Å². The van der Waals surface area contributed by atoms with E-state index in [0.29, 0.717) is 4.67 Å². The Kier molecular flexibility index (Phi) is 8.87. The normalized spacial score (nSPS) is 6.00. The van der Waals surface area contributed by atoms with Crippen LogP contribution in [0.3, 0.4) is 0 Å². The summed E-state index contributed by atoms with van der Waals surface area (Å²) in [6, 6.07) is 0. The summed E-state index contributed by atoms with van der Waals surface area (Å²) in [5.74, 6) is 0. The third-order valence-corrected chi connectivity index (χ3v) is 0. The first-order valence-electron chi connectivity index (χ1n) is 1.56. The van der Waals surface area contributed by atoms with Crippen molar-refractivity contribution >= 4 is 37.6 Å². The summed E-state index contributed by atoms with van der Waals surface area (Å²) in [6.07, 6.45) is 0. The SMILES string of the molecule is NC(N)=S.NC(N)=[Se]. The van der Waals surface area contributed by atoms with E-state index in [0.717, 1.165) is 0 Å². The van der Waals surface area contributed by atoms with E-state index >= 15 is 0 Å². The zero-order valence-corrected chi connectivity index (χ0v) is 6.66. The molecule has 0 aliphatic carbocycles. The Morgan fingerprint density at radius 1 is 1.12 bits per heavy atom. The first-order valence-corrected chi connectivity index (χ1v) is 2.83. The first-order chi connectivity index (χ1) is 3.46. The van der Waals surface area contributed by atoms with Crippen molar-refractivity contribution in [1.82, 2.24) is 0 Å². The van der Waals surface area contributed by atoms with Gasteiger partial charge in [0.2, 0.25) is 0 Å². The molecule has 0 aromatic carbocycles. The molecule has 0 saturated heterocycles. The molecule has 8 heavy (non-hydrogen) atoms. The number of hydrogen-bond acceptors (Lipinski definition) is 3. The zero-order valence-electron chi connectivity index (χ0n) is 4.13. The van der Waals surface area contributed by atoms with Gasteiger partial charge in [-0.05, 0) is 12.2 Å². The quantitative estimate of drug-likeness (QED) is 0.252. The van der Waals surface area contributed by atoms with Gasteiger partial charge in [0, 0.05) is 0 Å². The Hall–Kier alpha value is -0.321. The number of hydrogen-bond donors (Lipinski definition) is 4. The van der Waals surface area contributed by atoms with Crippen LogP contribution in [0.1, 0.15) is 0 Å². The van der Waals surface area contributed by atoms with Crippen LogP contribution in [0.2, 0.25) is 0 Å². The van der Waals surface area contributed by atoms with Gasteiger partial charge in [-0.1, -0.05) is 0 Å². The third-order valence-electron chi connectivity index (χ3n) is 0. The summed E-state index contributed by atoms with van der Waals surface area (Å²) in [7, 11) is 0. The summed E-state index contributed by atoms with van der Waals surface area (Å²) in [6.45, 7) is 0. The van der Waals surface area contributed by atoms with Crippen molar-refractivity contribution in [1.29, 1.82) is 0 Å². The van der Waals surface area contributed by atoms with Crippen LogP contribution in [0.4, 0.5) is 0 Å².